The summed E-state index contributed by atoms with van der Waals surface area (Å²) in [4.78, 5) is 0. The molecule has 0 aromatic heterocycles. The lowest BCUT2D eigenvalue weighted by atomic mass is 10.0. The number of ether oxygens (including phenoxy) is 1. The molecule has 0 saturated carbocycles. The van der Waals surface area contributed by atoms with Crippen LogP contribution in [-0.4, -0.2) is 20.9 Å². The number of benzene rings is 2. The first-order valence-electron chi connectivity index (χ1n) is 6.50. The van der Waals surface area contributed by atoms with Gasteiger partial charge < -0.3 is 13.8 Å². The molecule has 0 radical (unpaired) electrons. The maximum absolute atomic E-state index is 12.1. The number of rotatable bonds is 5. The van der Waals surface area contributed by atoms with Crippen molar-refractivity contribution in [3.63, 3.8) is 0 Å². The standard InChI is InChI=1S/C16H16NO4P/c1-19-14-7-5-13(6-8-14)15-10-12(11-17)4-9-16(15)21-22(3,18)20-2/h4-10H,1-3H3. The molecule has 0 spiro atoms. The van der Waals surface area contributed by atoms with Crippen molar-refractivity contribution in [2.75, 3.05) is 20.9 Å². The van der Waals surface area contributed by atoms with E-state index >= 15 is 0 Å². The minimum absolute atomic E-state index is 0.400. The number of hydrogen-bond donors (Lipinski definition) is 0. The van der Waals surface area contributed by atoms with Crippen molar-refractivity contribution < 1.29 is 18.3 Å². The summed E-state index contributed by atoms with van der Waals surface area (Å²) in [5.74, 6) is 1.12. The zero-order valence-electron chi connectivity index (χ0n) is 12.6. The molecule has 1 unspecified atom stereocenters. The summed E-state index contributed by atoms with van der Waals surface area (Å²) in [5, 5.41) is 9.07. The summed E-state index contributed by atoms with van der Waals surface area (Å²) in [6.07, 6.45) is 0. The maximum Gasteiger partial charge on any atom is 0.375 e. The van der Waals surface area contributed by atoms with Gasteiger partial charge in [-0.1, -0.05) is 12.1 Å². The monoisotopic (exact) mass is 317 g/mol. The third-order valence-corrected chi connectivity index (χ3v) is 4.30. The fourth-order valence-electron chi connectivity index (χ4n) is 1.89. The predicted molar refractivity (Wildman–Crippen MR) is 84.3 cm³/mol. The highest BCUT2D eigenvalue weighted by molar-refractivity contribution is 7.53. The molecule has 0 saturated heterocycles. The van der Waals surface area contributed by atoms with E-state index in [1.807, 2.05) is 12.1 Å². The fraction of sp³-hybridized carbons (Fsp3) is 0.188. The Kier molecular flexibility index (Phi) is 4.87. The number of hydrogen-bond acceptors (Lipinski definition) is 5. The first kappa shape index (κ1) is 16.1. The third kappa shape index (κ3) is 3.67. The van der Waals surface area contributed by atoms with E-state index in [0.29, 0.717) is 16.9 Å². The summed E-state index contributed by atoms with van der Waals surface area (Å²) in [6, 6.07) is 14.3. The molecule has 114 valence electrons. The van der Waals surface area contributed by atoms with Crippen LogP contribution in [0.2, 0.25) is 0 Å². The zero-order valence-corrected chi connectivity index (χ0v) is 13.5. The molecule has 1 atom stereocenters. The van der Waals surface area contributed by atoms with E-state index in [4.69, 9.17) is 19.0 Å². The molecule has 0 aliphatic heterocycles. The average molecular weight is 317 g/mol. The van der Waals surface area contributed by atoms with Gasteiger partial charge in [0, 0.05) is 19.3 Å². The minimum Gasteiger partial charge on any atom is -0.497 e. The van der Waals surface area contributed by atoms with Crippen molar-refractivity contribution in [2.24, 2.45) is 0 Å². The van der Waals surface area contributed by atoms with Crippen LogP contribution in [-0.2, 0) is 9.09 Å². The van der Waals surface area contributed by atoms with Crippen LogP contribution in [0.3, 0.4) is 0 Å². The molecular weight excluding hydrogens is 301 g/mol. The van der Waals surface area contributed by atoms with Gasteiger partial charge in [0.25, 0.3) is 0 Å². The summed E-state index contributed by atoms with van der Waals surface area (Å²) in [7, 11) is -0.269. The Morgan fingerprint density at radius 2 is 1.77 bits per heavy atom. The van der Waals surface area contributed by atoms with Crippen molar-refractivity contribution in [3.8, 4) is 28.7 Å². The molecule has 0 aliphatic rings. The molecular formula is C16H16NO4P. The summed E-state index contributed by atoms with van der Waals surface area (Å²) in [6.45, 7) is 1.39. The van der Waals surface area contributed by atoms with Crippen molar-refractivity contribution in [1.29, 1.82) is 5.26 Å². The second-order valence-corrected chi connectivity index (χ2v) is 6.69. The molecule has 2 aromatic rings. The van der Waals surface area contributed by atoms with Gasteiger partial charge in [-0.3, -0.25) is 0 Å². The highest BCUT2D eigenvalue weighted by Crippen LogP contribution is 2.46. The second-order valence-electron chi connectivity index (χ2n) is 4.60. The van der Waals surface area contributed by atoms with Crippen molar-refractivity contribution >= 4 is 7.60 Å². The van der Waals surface area contributed by atoms with Gasteiger partial charge in [0.15, 0.2) is 0 Å². The molecule has 0 heterocycles. The van der Waals surface area contributed by atoms with E-state index < -0.39 is 7.60 Å². The molecule has 0 fully saturated rings. The Morgan fingerprint density at radius 1 is 1.09 bits per heavy atom. The first-order chi connectivity index (χ1) is 10.5. The Hall–Kier alpha value is -2.28. The highest BCUT2D eigenvalue weighted by Gasteiger charge is 2.19. The minimum atomic E-state index is -3.19. The molecule has 0 aliphatic carbocycles. The van der Waals surface area contributed by atoms with Gasteiger partial charge in [-0.05, 0) is 35.9 Å². The van der Waals surface area contributed by atoms with Gasteiger partial charge in [0.1, 0.15) is 11.5 Å². The predicted octanol–water partition coefficient (Wildman–Crippen LogP) is 4.08. The number of methoxy groups -OCH3 is 1. The van der Waals surface area contributed by atoms with Gasteiger partial charge in [0.2, 0.25) is 0 Å². The number of nitriles is 1. The Labute approximate surface area is 129 Å². The van der Waals surface area contributed by atoms with E-state index in [2.05, 4.69) is 6.07 Å². The van der Waals surface area contributed by atoms with Crippen LogP contribution in [0, 0.1) is 11.3 Å². The SMILES string of the molecule is COc1ccc(-c2cc(C#N)ccc2OP(C)(=O)OC)cc1. The molecule has 0 N–H and O–H groups in total. The van der Waals surface area contributed by atoms with Crippen molar-refractivity contribution in [2.45, 2.75) is 0 Å². The van der Waals surface area contributed by atoms with Gasteiger partial charge >= 0.3 is 7.60 Å². The third-order valence-electron chi connectivity index (χ3n) is 3.11. The van der Waals surface area contributed by atoms with Gasteiger partial charge in [0.05, 0.1) is 18.7 Å². The number of nitrogens with zero attached hydrogens (tertiary/aromatic N) is 1. The van der Waals surface area contributed by atoms with Gasteiger partial charge in [-0.25, -0.2) is 4.57 Å². The highest BCUT2D eigenvalue weighted by atomic mass is 31.2. The Bertz CT molecular complexity index is 750. The molecule has 0 amide bonds. The van der Waals surface area contributed by atoms with E-state index in [0.717, 1.165) is 11.3 Å². The Balaban J connectivity index is 2.51. The van der Waals surface area contributed by atoms with E-state index in [1.54, 1.807) is 37.4 Å². The van der Waals surface area contributed by atoms with Crippen LogP contribution in [0.5, 0.6) is 11.5 Å². The van der Waals surface area contributed by atoms with Crippen LogP contribution in [0.15, 0.2) is 42.5 Å². The summed E-state index contributed by atoms with van der Waals surface area (Å²) >= 11 is 0. The normalized spacial score (nSPS) is 13.0. The van der Waals surface area contributed by atoms with E-state index in [9.17, 15) is 4.57 Å². The van der Waals surface area contributed by atoms with E-state index in [-0.39, 0.29) is 0 Å². The molecule has 6 heteroatoms. The average Bonchev–Trinajstić information content (AvgIpc) is 2.55. The van der Waals surface area contributed by atoms with Crippen LogP contribution in [0.4, 0.5) is 0 Å². The largest absolute Gasteiger partial charge is 0.497 e. The van der Waals surface area contributed by atoms with Crippen LogP contribution >= 0.6 is 7.60 Å². The van der Waals surface area contributed by atoms with Crippen LogP contribution < -0.4 is 9.26 Å². The van der Waals surface area contributed by atoms with E-state index in [1.165, 1.54) is 13.8 Å². The van der Waals surface area contributed by atoms with Gasteiger partial charge in [-0.2, -0.15) is 5.26 Å². The summed E-state index contributed by atoms with van der Waals surface area (Å²) < 4.78 is 27.6. The van der Waals surface area contributed by atoms with Gasteiger partial charge in [-0.15, -0.1) is 0 Å². The lowest BCUT2D eigenvalue weighted by Crippen LogP contribution is -1.96. The topological polar surface area (TPSA) is 68.5 Å². The lowest BCUT2D eigenvalue weighted by molar-refractivity contribution is 0.329. The molecule has 22 heavy (non-hydrogen) atoms. The van der Waals surface area contributed by atoms with Crippen molar-refractivity contribution in [1.82, 2.24) is 0 Å². The first-order valence-corrected chi connectivity index (χ1v) is 8.49. The van der Waals surface area contributed by atoms with Crippen LogP contribution in [0.25, 0.3) is 11.1 Å². The summed E-state index contributed by atoms with van der Waals surface area (Å²) in [5.41, 5.74) is 1.98. The maximum atomic E-state index is 12.1. The Morgan fingerprint density at radius 3 is 2.32 bits per heavy atom. The van der Waals surface area contributed by atoms with Crippen LogP contribution in [0.1, 0.15) is 5.56 Å². The molecule has 2 aromatic carbocycles. The smallest absolute Gasteiger partial charge is 0.375 e. The fourth-order valence-corrected chi connectivity index (χ4v) is 2.48. The van der Waals surface area contributed by atoms with Crippen molar-refractivity contribution in [3.05, 3.63) is 48.0 Å². The molecule has 2 rings (SSSR count). The molecule has 0 bridgehead atoms. The molecule has 5 nitrogen and oxygen atoms in total. The zero-order chi connectivity index (χ0) is 16.2. The quantitative estimate of drug-likeness (QED) is 0.777. The second kappa shape index (κ2) is 6.65. The lowest BCUT2D eigenvalue weighted by Gasteiger charge is -2.16.